The minimum atomic E-state index is -0.476. The molecule has 0 unspecified atom stereocenters. The molecular weight excluding hydrogens is 368 g/mol. The number of para-hydroxylation sites is 1. The van der Waals surface area contributed by atoms with Gasteiger partial charge >= 0.3 is 0 Å². The lowest BCUT2D eigenvalue weighted by Crippen LogP contribution is -2.36. The first-order valence-corrected chi connectivity index (χ1v) is 8.71. The molecule has 2 aromatic carbocycles. The largest absolute Gasteiger partial charge is 0.483 e. The lowest BCUT2D eigenvalue weighted by atomic mass is 10.1. The summed E-state index contributed by atoms with van der Waals surface area (Å²) in [5.74, 6) is -0.768. The van der Waals surface area contributed by atoms with Crippen LogP contribution in [-0.2, 0) is 9.59 Å². The zero-order valence-corrected chi connectivity index (χ0v) is 16.1. The van der Waals surface area contributed by atoms with Crippen molar-refractivity contribution in [2.24, 2.45) is 0 Å². The summed E-state index contributed by atoms with van der Waals surface area (Å²) in [5, 5.41) is 5.67. The number of carbonyl (C=O) groups is 3. The molecule has 2 aromatic rings. The van der Waals surface area contributed by atoms with Crippen molar-refractivity contribution in [2.75, 3.05) is 18.5 Å². The Hall–Kier alpha value is -2.86. The third-order valence-corrected chi connectivity index (χ3v) is 4.11. The van der Waals surface area contributed by atoms with Crippen LogP contribution in [0.15, 0.2) is 36.4 Å². The molecule has 2 rings (SSSR count). The normalized spacial score (nSPS) is 10.2. The Morgan fingerprint density at radius 2 is 1.70 bits per heavy atom. The SMILES string of the molecule is CC(=O)c1cc(Cl)ccc1OCC(=O)NCC(=O)Nc1c(C)cccc1C. The zero-order chi connectivity index (χ0) is 20.0. The molecule has 0 aromatic heterocycles. The Kier molecular flexibility index (Phi) is 6.96. The van der Waals surface area contributed by atoms with Crippen LogP contribution in [0.5, 0.6) is 5.75 Å². The van der Waals surface area contributed by atoms with Crippen molar-refractivity contribution in [3.8, 4) is 5.75 Å². The molecule has 0 radical (unpaired) electrons. The number of hydrogen-bond donors (Lipinski definition) is 2. The van der Waals surface area contributed by atoms with Crippen molar-refractivity contribution < 1.29 is 19.1 Å². The predicted molar refractivity (Wildman–Crippen MR) is 105 cm³/mol. The van der Waals surface area contributed by atoms with Gasteiger partial charge in [0.2, 0.25) is 5.91 Å². The van der Waals surface area contributed by atoms with E-state index in [1.807, 2.05) is 32.0 Å². The Morgan fingerprint density at radius 1 is 1.04 bits per heavy atom. The molecule has 0 heterocycles. The summed E-state index contributed by atoms with van der Waals surface area (Å²) in [6.07, 6.45) is 0. The van der Waals surface area contributed by atoms with E-state index in [1.54, 1.807) is 6.07 Å². The fourth-order valence-corrected chi connectivity index (χ4v) is 2.64. The van der Waals surface area contributed by atoms with Crippen LogP contribution in [0.1, 0.15) is 28.4 Å². The number of hydrogen-bond acceptors (Lipinski definition) is 4. The molecule has 27 heavy (non-hydrogen) atoms. The highest BCUT2D eigenvalue weighted by Crippen LogP contribution is 2.23. The molecule has 0 aliphatic heterocycles. The van der Waals surface area contributed by atoms with E-state index in [4.69, 9.17) is 16.3 Å². The van der Waals surface area contributed by atoms with E-state index < -0.39 is 5.91 Å². The summed E-state index contributed by atoms with van der Waals surface area (Å²) in [7, 11) is 0. The molecule has 0 saturated heterocycles. The van der Waals surface area contributed by atoms with Gasteiger partial charge in [0.15, 0.2) is 12.4 Å². The maximum Gasteiger partial charge on any atom is 0.258 e. The maximum atomic E-state index is 12.1. The molecule has 0 spiro atoms. The number of halogens is 1. The molecule has 0 saturated carbocycles. The van der Waals surface area contributed by atoms with Crippen LogP contribution >= 0.6 is 11.6 Å². The number of benzene rings is 2. The summed E-state index contributed by atoms with van der Waals surface area (Å²) >= 11 is 5.87. The van der Waals surface area contributed by atoms with Gasteiger partial charge in [-0.1, -0.05) is 29.8 Å². The average molecular weight is 389 g/mol. The molecule has 2 N–H and O–H groups in total. The number of aryl methyl sites for hydroxylation is 2. The fourth-order valence-electron chi connectivity index (χ4n) is 2.47. The second-order valence-electron chi connectivity index (χ2n) is 6.08. The van der Waals surface area contributed by atoms with E-state index in [2.05, 4.69) is 10.6 Å². The van der Waals surface area contributed by atoms with Crippen molar-refractivity contribution in [2.45, 2.75) is 20.8 Å². The lowest BCUT2D eigenvalue weighted by molar-refractivity contribution is -0.125. The monoisotopic (exact) mass is 388 g/mol. The Bertz CT molecular complexity index is 860. The highest BCUT2D eigenvalue weighted by atomic mass is 35.5. The molecule has 142 valence electrons. The van der Waals surface area contributed by atoms with Gasteiger partial charge in [0.1, 0.15) is 5.75 Å². The van der Waals surface area contributed by atoms with E-state index >= 15 is 0 Å². The number of ketones is 1. The Morgan fingerprint density at radius 3 is 2.33 bits per heavy atom. The summed E-state index contributed by atoms with van der Waals surface area (Å²) < 4.78 is 5.38. The van der Waals surface area contributed by atoms with Crippen LogP contribution in [0.3, 0.4) is 0 Å². The summed E-state index contributed by atoms with van der Waals surface area (Å²) in [4.78, 5) is 35.6. The van der Waals surface area contributed by atoms with Gasteiger partial charge in [0.05, 0.1) is 12.1 Å². The van der Waals surface area contributed by atoms with Crippen LogP contribution < -0.4 is 15.4 Å². The van der Waals surface area contributed by atoms with Crippen LogP contribution in [0.25, 0.3) is 0 Å². The van der Waals surface area contributed by atoms with Gasteiger partial charge in [0, 0.05) is 10.7 Å². The van der Waals surface area contributed by atoms with Crippen molar-refractivity contribution in [3.63, 3.8) is 0 Å². The van der Waals surface area contributed by atoms with Gasteiger partial charge in [-0.3, -0.25) is 14.4 Å². The number of nitrogens with one attached hydrogen (secondary N) is 2. The number of ether oxygens (including phenoxy) is 1. The fraction of sp³-hybridized carbons (Fsp3) is 0.250. The van der Waals surface area contributed by atoms with Gasteiger partial charge in [-0.25, -0.2) is 0 Å². The first-order chi connectivity index (χ1) is 12.8. The van der Waals surface area contributed by atoms with E-state index in [1.165, 1.54) is 19.1 Å². The molecule has 0 aliphatic rings. The summed E-state index contributed by atoms with van der Waals surface area (Å²) in [6, 6.07) is 10.3. The molecule has 0 atom stereocenters. The highest BCUT2D eigenvalue weighted by molar-refractivity contribution is 6.31. The number of amides is 2. The molecule has 0 aliphatic carbocycles. The van der Waals surface area contributed by atoms with Crippen molar-refractivity contribution >= 4 is 34.9 Å². The zero-order valence-electron chi connectivity index (χ0n) is 15.4. The standard InChI is InChI=1S/C20H21ClN2O4/c1-12-5-4-6-13(2)20(12)23-18(25)10-22-19(26)11-27-17-8-7-15(21)9-16(17)14(3)24/h4-9H,10-11H2,1-3H3,(H,22,26)(H,23,25). The number of carbonyl (C=O) groups excluding carboxylic acids is 3. The van der Waals surface area contributed by atoms with Crippen molar-refractivity contribution in [1.82, 2.24) is 5.32 Å². The van der Waals surface area contributed by atoms with Gasteiger partial charge in [0.25, 0.3) is 5.91 Å². The number of anilines is 1. The van der Waals surface area contributed by atoms with Crippen LogP contribution in [-0.4, -0.2) is 30.7 Å². The third-order valence-electron chi connectivity index (χ3n) is 3.87. The summed E-state index contributed by atoms with van der Waals surface area (Å²) in [6.45, 7) is 4.67. The topological polar surface area (TPSA) is 84.5 Å². The second-order valence-corrected chi connectivity index (χ2v) is 6.51. The van der Waals surface area contributed by atoms with Gasteiger partial charge in [-0.2, -0.15) is 0 Å². The number of Topliss-reactive ketones (excluding diaryl/α,β-unsaturated/α-hetero) is 1. The Labute approximate surface area is 162 Å². The smallest absolute Gasteiger partial charge is 0.258 e. The van der Waals surface area contributed by atoms with Crippen LogP contribution in [0.4, 0.5) is 5.69 Å². The van der Waals surface area contributed by atoms with Crippen molar-refractivity contribution in [3.05, 3.63) is 58.1 Å². The molecular formula is C20H21ClN2O4. The molecule has 6 nitrogen and oxygen atoms in total. The molecule has 7 heteroatoms. The van der Waals surface area contributed by atoms with Crippen LogP contribution in [0, 0.1) is 13.8 Å². The molecule has 0 fully saturated rings. The van der Waals surface area contributed by atoms with E-state index in [-0.39, 0.29) is 30.6 Å². The first-order valence-electron chi connectivity index (χ1n) is 8.34. The molecule has 2 amide bonds. The highest BCUT2D eigenvalue weighted by Gasteiger charge is 2.13. The van der Waals surface area contributed by atoms with Gasteiger partial charge in [-0.05, 0) is 50.1 Å². The Balaban J connectivity index is 1.86. The third kappa shape index (κ3) is 5.82. The van der Waals surface area contributed by atoms with E-state index in [0.29, 0.717) is 10.6 Å². The number of rotatable bonds is 7. The minimum absolute atomic E-state index is 0.184. The van der Waals surface area contributed by atoms with E-state index in [9.17, 15) is 14.4 Å². The van der Waals surface area contributed by atoms with E-state index in [0.717, 1.165) is 16.8 Å². The first kappa shape index (κ1) is 20.5. The van der Waals surface area contributed by atoms with Gasteiger partial charge in [-0.15, -0.1) is 0 Å². The maximum absolute atomic E-state index is 12.1. The van der Waals surface area contributed by atoms with Gasteiger partial charge < -0.3 is 15.4 Å². The predicted octanol–water partition coefficient (Wildman–Crippen LogP) is 3.29. The average Bonchev–Trinajstić information content (AvgIpc) is 2.62. The molecule has 0 bridgehead atoms. The quantitative estimate of drug-likeness (QED) is 0.713. The van der Waals surface area contributed by atoms with Crippen molar-refractivity contribution in [1.29, 1.82) is 0 Å². The lowest BCUT2D eigenvalue weighted by Gasteiger charge is -2.12. The second kappa shape index (κ2) is 9.19. The van der Waals surface area contributed by atoms with Crippen LogP contribution in [0.2, 0.25) is 5.02 Å². The minimum Gasteiger partial charge on any atom is -0.483 e. The summed E-state index contributed by atoms with van der Waals surface area (Å²) in [5.41, 5.74) is 2.92.